The topological polar surface area (TPSA) is 80.2 Å². The lowest BCUT2D eigenvalue weighted by Crippen LogP contribution is -2.49. The first-order valence-corrected chi connectivity index (χ1v) is 9.70. The summed E-state index contributed by atoms with van der Waals surface area (Å²) >= 11 is 0. The van der Waals surface area contributed by atoms with E-state index in [1.54, 1.807) is 0 Å². The highest BCUT2D eigenvalue weighted by molar-refractivity contribution is 5.89. The molecule has 1 saturated heterocycles. The van der Waals surface area contributed by atoms with Gasteiger partial charge in [-0.25, -0.2) is 9.97 Å². The molecule has 0 saturated carbocycles. The molecule has 1 unspecified atom stereocenters. The highest BCUT2D eigenvalue weighted by Crippen LogP contribution is 2.29. The van der Waals surface area contributed by atoms with Gasteiger partial charge in [0.05, 0.1) is 24.4 Å². The number of halogens is 5. The minimum atomic E-state index is -4.51. The van der Waals surface area contributed by atoms with Crippen LogP contribution in [0.5, 0.6) is 0 Å². The number of hydrogen-bond acceptors (Lipinski definition) is 7. The number of anilines is 3. The van der Waals surface area contributed by atoms with Gasteiger partial charge in [-0.05, 0) is 29.8 Å². The van der Waals surface area contributed by atoms with E-state index in [0.29, 0.717) is 11.1 Å². The average molecular weight is 465 g/mol. The number of nitrogens with one attached hydrogen (secondary N) is 1. The second-order valence-electron chi connectivity index (χ2n) is 7.13. The molecule has 172 valence electrons. The van der Waals surface area contributed by atoms with Crippen LogP contribution in [0.4, 0.5) is 39.4 Å². The number of nitrogens with zero attached hydrogens (tertiary/aromatic N) is 4. The Kier molecular flexibility index (Phi) is 6.18. The van der Waals surface area contributed by atoms with Crippen LogP contribution in [0.25, 0.3) is 11.1 Å². The molecule has 2 aromatic heterocycles. The first-order chi connectivity index (χ1) is 15.7. The molecule has 1 fully saturated rings. The summed E-state index contributed by atoms with van der Waals surface area (Å²) in [4.78, 5) is 24.0. The maximum atomic E-state index is 14.3. The monoisotopic (exact) mass is 465 g/mol. The first-order valence-electron chi connectivity index (χ1n) is 9.70. The Morgan fingerprint density at radius 3 is 2.58 bits per heavy atom. The summed E-state index contributed by atoms with van der Waals surface area (Å²) in [5, 5.41) is 2.75. The molecule has 3 heterocycles. The maximum absolute atomic E-state index is 14.3. The molecule has 12 heteroatoms. The number of ether oxygens (including phenoxy) is 1. The fourth-order valence-electron chi connectivity index (χ4n) is 3.22. The molecule has 33 heavy (non-hydrogen) atoms. The SMILES string of the molecule is O=C(F)c1ccc(-c2cnc(F)c(Nc3ccnc(N4CCOC(C(F)(F)F)C4)n3)c2)cc1. The number of hydrogen-bond donors (Lipinski definition) is 1. The second kappa shape index (κ2) is 9.06. The van der Waals surface area contributed by atoms with Gasteiger partial charge in [0, 0.05) is 24.5 Å². The number of rotatable bonds is 5. The zero-order valence-electron chi connectivity index (χ0n) is 16.8. The van der Waals surface area contributed by atoms with Crippen LogP contribution in [0.15, 0.2) is 48.8 Å². The van der Waals surface area contributed by atoms with Crippen LogP contribution in [-0.4, -0.2) is 53.0 Å². The third-order valence-electron chi connectivity index (χ3n) is 4.90. The summed E-state index contributed by atoms with van der Waals surface area (Å²) in [5.74, 6) is -0.655. The Morgan fingerprint density at radius 1 is 1.12 bits per heavy atom. The van der Waals surface area contributed by atoms with Gasteiger partial charge in [0.1, 0.15) is 5.82 Å². The average Bonchev–Trinajstić information content (AvgIpc) is 2.80. The molecular formula is C21H16F5N5O2. The van der Waals surface area contributed by atoms with E-state index in [1.165, 1.54) is 53.7 Å². The van der Waals surface area contributed by atoms with Crippen molar-refractivity contribution in [3.8, 4) is 11.1 Å². The zero-order chi connectivity index (χ0) is 23.6. The van der Waals surface area contributed by atoms with Gasteiger partial charge in [-0.3, -0.25) is 4.79 Å². The summed E-state index contributed by atoms with van der Waals surface area (Å²) in [7, 11) is 0. The van der Waals surface area contributed by atoms with Gasteiger partial charge in [-0.15, -0.1) is 0 Å². The van der Waals surface area contributed by atoms with Crippen molar-refractivity contribution < 1.29 is 31.5 Å². The molecule has 3 aromatic rings. The fraction of sp³-hybridized carbons (Fsp3) is 0.238. The lowest BCUT2D eigenvalue weighted by atomic mass is 10.1. The number of benzene rings is 1. The van der Waals surface area contributed by atoms with Crippen LogP contribution < -0.4 is 10.2 Å². The molecular weight excluding hydrogens is 449 g/mol. The Morgan fingerprint density at radius 2 is 1.88 bits per heavy atom. The molecule has 1 aromatic carbocycles. The molecule has 1 N–H and O–H groups in total. The largest absolute Gasteiger partial charge is 0.416 e. The summed E-state index contributed by atoms with van der Waals surface area (Å²) < 4.78 is 70.9. The van der Waals surface area contributed by atoms with Gasteiger partial charge in [-0.1, -0.05) is 12.1 Å². The molecule has 0 spiro atoms. The Balaban J connectivity index is 1.55. The minimum absolute atomic E-state index is 0.0357. The first kappa shape index (κ1) is 22.5. The Labute approximate surface area is 184 Å². The quantitative estimate of drug-likeness (QED) is 0.342. The van der Waals surface area contributed by atoms with Crippen molar-refractivity contribution in [1.29, 1.82) is 0 Å². The van der Waals surface area contributed by atoms with E-state index < -0.39 is 30.8 Å². The van der Waals surface area contributed by atoms with Gasteiger partial charge >= 0.3 is 12.2 Å². The van der Waals surface area contributed by atoms with Crippen molar-refractivity contribution in [2.45, 2.75) is 12.3 Å². The molecule has 1 aliphatic rings. The third kappa shape index (κ3) is 5.22. The molecule has 0 aliphatic carbocycles. The standard InChI is InChI=1S/C21H16F5N5O2/c22-18-15(9-14(10-28-18)12-1-3-13(4-2-12)19(23)32)29-17-5-6-27-20(30-17)31-7-8-33-16(11-31)21(24,25)26/h1-6,9-10,16H,7-8,11H2,(H,27,29,30). The minimum Gasteiger partial charge on any atom is -0.365 e. The molecule has 7 nitrogen and oxygen atoms in total. The zero-order valence-corrected chi connectivity index (χ0v) is 16.8. The van der Waals surface area contributed by atoms with Gasteiger partial charge < -0.3 is 15.0 Å². The van der Waals surface area contributed by atoms with E-state index in [2.05, 4.69) is 20.3 Å². The summed E-state index contributed by atoms with van der Waals surface area (Å²) in [6.45, 7) is -0.437. The van der Waals surface area contributed by atoms with Crippen LogP contribution in [0, 0.1) is 5.95 Å². The van der Waals surface area contributed by atoms with Crippen LogP contribution in [0.2, 0.25) is 0 Å². The summed E-state index contributed by atoms with van der Waals surface area (Å²) in [6, 6.07) is 6.86. The van der Waals surface area contributed by atoms with Crippen molar-refractivity contribution in [1.82, 2.24) is 15.0 Å². The summed E-state index contributed by atoms with van der Waals surface area (Å²) in [6.07, 6.45) is -3.86. The van der Waals surface area contributed by atoms with Crippen LogP contribution in [0.3, 0.4) is 0 Å². The molecule has 0 radical (unpaired) electrons. The predicted molar refractivity (Wildman–Crippen MR) is 108 cm³/mol. The maximum Gasteiger partial charge on any atom is 0.416 e. The highest BCUT2D eigenvalue weighted by Gasteiger charge is 2.43. The lowest BCUT2D eigenvalue weighted by molar-refractivity contribution is -0.221. The van der Waals surface area contributed by atoms with E-state index in [4.69, 9.17) is 4.74 Å². The molecule has 1 atom stereocenters. The number of aromatic nitrogens is 3. The molecule has 0 amide bonds. The molecule has 1 aliphatic heterocycles. The van der Waals surface area contributed by atoms with Crippen molar-refractivity contribution in [3.63, 3.8) is 0 Å². The van der Waals surface area contributed by atoms with Crippen LogP contribution >= 0.6 is 0 Å². The fourth-order valence-corrected chi connectivity index (χ4v) is 3.22. The van der Waals surface area contributed by atoms with Crippen LogP contribution in [-0.2, 0) is 4.74 Å². The smallest absolute Gasteiger partial charge is 0.365 e. The number of alkyl halides is 3. The number of carbonyl (C=O) groups excluding carboxylic acids is 1. The van der Waals surface area contributed by atoms with Crippen molar-refractivity contribution in [2.24, 2.45) is 0 Å². The summed E-state index contributed by atoms with van der Waals surface area (Å²) in [5.41, 5.74) is 0.882. The highest BCUT2D eigenvalue weighted by atomic mass is 19.4. The number of morpholine rings is 1. The van der Waals surface area contributed by atoms with Crippen LogP contribution in [0.1, 0.15) is 10.4 Å². The van der Waals surface area contributed by atoms with E-state index in [9.17, 15) is 26.7 Å². The van der Waals surface area contributed by atoms with E-state index >= 15 is 0 Å². The number of pyridine rings is 1. The number of carbonyl (C=O) groups is 1. The van der Waals surface area contributed by atoms with Crippen molar-refractivity contribution in [3.05, 3.63) is 60.3 Å². The van der Waals surface area contributed by atoms with Gasteiger partial charge in [-0.2, -0.15) is 26.9 Å². The van der Waals surface area contributed by atoms with E-state index in [1.807, 2.05) is 0 Å². The Hall–Kier alpha value is -3.67. The molecule has 0 bridgehead atoms. The van der Waals surface area contributed by atoms with Gasteiger partial charge in [0.2, 0.25) is 11.9 Å². The van der Waals surface area contributed by atoms with Gasteiger partial charge in [0.25, 0.3) is 0 Å². The Bertz CT molecular complexity index is 1160. The molecule has 4 rings (SSSR count). The second-order valence-corrected chi connectivity index (χ2v) is 7.13. The van der Waals surface area contributed by atoms with E-state index in [0.717, 1.165) is 0 Å². The van der Waals surface area contributed by atoms with E-state index in [-0.39, 0.29) is 36.2 Å². The third-order valence-corrected chi connectivity index (χ3v) is 4.90. The lowest BCUT2D eigenvalue weighted by Gasteiger charge is -2.33. The van der Waals surface area contributed by atoms with Gasteiger partial charge in [0.15, 0.2) is 6.10 Å². The predicted octanol–water partition coefficient (Wildman–Crippen LogP) is 4.30. The van der Waals surface area contributed by atoms with Crippen molar-refractivity contribution >= 4 is 23.5 Å². The van der Waals surface area contributed by atoms with Crippen molar-refractivity contribution in [2.75, 3.05) is 29.9 Å². The normalized spacial score (nSPS) is 16.5.